The van der Waals surface area contributed by atoms with E-state index in [0.29, 0.717) is 12.0 Å². The summed E-state index contributed by atoms with van der Waals surface area (Å²) in [5.74, 6) is 1.68. The SMILES string of the molecule is CCCNC(=O)N1CCC(Cc2ncc(C)n2C(C)C)C1. The number of hydrogen-bond donors (Lipinski definition) is 1. The number of nitrogens with zero attached hydrogens (tertiary/aromatic N) is 3. The Morgan fingerprint density at radius 3 is 2.95 bits per heavy atom. The maximum atomic E-state index is 12.0. The second-order valence-electron chi connectivity index (χ2n) is 6.32. The van der Waals surface area contributed by atoms with E-state index in [1.807, 2.05) is 11.1 Å². The number of urea groups is 1. The first-order valence-electron chi connectivity index (χ1n) is 8.08. The zero-order valence-corrected chi connectivity index (χ0v) is 13.7. The van der Waals surface area contributed by atoms with Crippen LogP contribution in [0.5, 0.6) is 0 Å². The van der Waals surface area contributed by atoms with Gasteiger partial charge in [0.2, 0.25) is 0 Å². The van der Waals surface area contributed by atoms with Crippen molar-refractivity contribution >= 4 is 6.03 Å². The molecule has 1 saturated heterocycles. The summed E-state index contributed by atoms with van der Waals surface area (Å²) in [6, 6.07) is 0.524. The third kappa shape index (κ3) is 3.77. The number of aryl methyl sites for hydroxylation is 1. The Kier molecular flexibility index (Phi) is 5.26. The van der Waals surface area contributed by atoms with Crippen LogP contribution in [0.15, 0.2) is 6.20 Å². The van der Waals surface area contributed by atoms with E-state index in [9.17, 15) is 4.79 Å². The molecule has 1 fully saturated rings. The van der Waals surface area contributed by atoms with E-state index in [1.165, 1.54) is 5.69 Å². The highest BCUT2D eigenvalue weighted by molar-refractivity contribution is 5.74. The molecule has 1 unspecified atom stereocenters. The molecular formula is C16H28N4O. The second-order valence-corrected chi connectivity index (χ2v) is 6.32. The van der Waals surface area contributed by atoms with Crippen molar-refractivity contribution in [3.05, 3.63) is 17.7 Å². The minimum atomic E-state index is 0.0859. The van der Waals surface area contributed by atoms with Gasteiger partial charge < -0.3 is 14.8 Å². The van der Waals surface area contributed by atoms with Crippen LogP contribution in [0, 0.1) is 12.8 Å². The van der Waals surface area contributed by atoms with Gasteiger partial charge >= 0.3 is 6.03 Å². The zero-order chi connectivity index (χ0) is 15.4. The number of carbonyl (C=O) groups excluding carboxylic acids is 1. The van der Waals surface area contributed by atoms with Crippen LogP contribution in [-0.2, 0) is 6.42 Å². The molecule has 0 spiro atoms. The van der Waals surface area contributed by atoms with Gasteiger partial charge in [-0.2, -0.15) is 0 Å². The number of aromatic nitrogens is 2. The lowest BCUT2D eigenvalue weighted by Crippen LogP contribution is -2.38. The minimum Gasteiger partial charge on any atom is -0.338 e. The molecule has 1 aliphatic rings. The highest BCUT2D eigenvalue weighted by Gasteiger charge is 2.27. The van der Waals surface area contributed by atoms with Crippen molar-refractivity contribution in [3.8, 4) is 0 Å². The van der Waals surface area contributed by atoms with Crippen molar-refractivity contribution < 1.29 is 4.79 Å². The van der Waals surface area contributed by atoms with E-state index in [-0.39, 0.29) is 6.03 Å². The molecule has 0 radical (unpaired) electrons. The van der Waals surface area contributed by atoms with Gasteiger partial charge in [0, 0.05) is 44.0 Å². The summed E-state index contributed by atoms with van der Waals surface area (Å²) in [5.41, 5.74) is 1.22. The molecule has 0 saturated carbocycles. The van der Waals surface area contributed by atoms with Crippen molar-refractivity contribution in [2.45, 2.75) is 53.0 Å². The first-order chi connectivity index (χ1) is 10.0. The van der Waals surface area contributed by atoms with E-state index in [4.69, 9.17) is 0 Å². The van der Waals surface area contributed by atoms with Crippen molar-refractivity contribution in [1.82, 2.24) is 19.8 Å². The number of imidazole rings is 1. The van der Waals surface area contributed by atoms with Crippen LogP contribution in [0.25, 0.3) is 0 Å². The summed E-state index contributed by atoms with van der Waals surface area (Å²) < 4.78 is 2.31. The van der Waals surface area contributed by atoms with Gasteiger partial charge in [0.1, 0.15) is 5.82 Å². The number of nitrogens with one attached hydrogen (secondary N) is 1. The van der Waals surface area contributed by atoms with Crippen LogP contribution in [0.3, 0.4) is 0 Å². The van der Waals surface area contributed by atoms with Gasteiger partial charge in [-0.05, 0) is 39.5 Å². The summed E-state index contributed by atoms with van der Waals surface area (Å²) in [6.45, 7) is 11.0. The molecule has 118 valence electrons. The van der Waals surface area contributed by atoms with E-state index in [2.05, 4.69) is 42.6 Å². The first kappa shape index (κ1) is 15.9. The van der Waals surface area contributed by atoms with Crippen molar-refractivity contribution in [2.75, 3.05) is 19.6 Å². The first-order valence-corrected chi connectivity index (χ1v) is 8.08. The summed E-state index contributed by atoms with van der Waals surface area (Å²) in [4.78, 5) is 18.5. The molecule has 1 aromatic heterocycles. The van der Waals surface area contributed by atoms with Crippen LogP contribution in [0.2, 0.25) is 0 Å². The van der Waals surface area contributed by atoms with Crippen LogP contribution in [0.1, 0.15) is 51.2 Å². The van der Waals surface area contributed by atoms with Gasteiger partial charge in [0.15, 0.2) is 0 Å². The Morgan fingerprint density at radius 1 is 1.52 bits per heavy atom. The van der Waals surface area contributed by atoms with Gasteiger partial charge in [-0.25, -0.2) is 9.78 Å². The number of amides is 2. The molecule has 0 bridgehead atoms. The Hall–Kier alpha value is -1.52. The minimum absolute atomic E-state index is 0.0859. The predicted octanol–water partition coefficient (Wildman–Crippen LogP) is 2.76. The Balaban J connectivity index is 1.92. The Labute approximate surface area is 127 Å². The Morgan fingerprint density at radius 2 is 2.29 bits per heavy atom. The quantitative estimate of drug-likeness (QED) is 0.907. The zero-order valence-electron chi connectivity index (χ0n) is 13.7. The highest BCUT2D eigenvalue weighted by atomic mass is 16.2. The molecule has 5 heteroatoms. The molecule has 0 aromatic carbocycles. The average molecular weight is 292 g/mol. The van der Waals surface area contributed by atoms with Crippen molar-refractivity contribution in [3.63, 3.8) is 0 Å². The van der Waals surface area contributed by atoms with E-state index in [1.54, 1.807) is 0 Å². The fourth-order valence-electron chi connectivity index (χ4n) is 3.14. The summed E-state index contributed by atoms with van der Waals surface area (Å²) >= 11 is 0. The smallest absolute Gasteiger partial charge is 0.317 e. The molecule has 2 rings (SSSR count). The number of likely N-dealkylation sites (tertiary alicyclic amines) is 1. The fourth-order valence-corrected chi connectivity index (χ4v) is 3.14. The highest BCUT2D eigenvalue weighted by Crippen LogP contribution is 2.22. The lowest BCUT2D eigenvalue weighted by molar-refractivity contribution is 0.207. The van der Waals surface area contributed by atoms with E-state index < -0.39 is 0 Å². The van der Waals surface area contributed by atoms with Gasteiger partial charge in [-0.15, -0.1) is 0 Å². The summed E-state index contributed by atoms with van der Waals surface area (Å²) in [5, 5.41) is 2.96. The van der Waals surface area contributed by atoms with Gasteiger partial charge in [0.25, 0.3) is 0 Å². The Bertz CT molecular complexity index is 481. The van der Waals surface area contributed by atoms with Crippen molar-refractivity contribution in [2.24, 2.45) is 5.92 Å². The number of carbonyl (C=O) groups is 1. The van der Waals surface area contributed by atoms with Gasteiger partial charge in [-0.1, -0.05) is 6.92 Å². The molecule has 1 aromatic rings. The van der Waals surface area contributed by atoms with Crippen LogP contribution >= 0.6 is 0 Å². The maximum Gasteiger partial charge on any atom is 0.317 e. The van der Waals surface area contributed by atoms with Crippen LogP contribution < -0.4 is 5.32 Å². The summed E-state index contributed by atoms with van der Waals surface area (Å²) in [6.07, 6.45) is 4.97. The molecule has 5 nitrogen and oxygen atoms in total. The molecule has 2 heterocycles. The van der Waals surface area contributed by atoms with E-state index in [0.717, 1.165) is 44.7 Å². The maximum absolute atomic E-state index is 12.0. The molecule has 2 amide bonds. The third-order valence-electron chi connectivity index (χ3n) is 4.15. The predicted molar refractivity (Wildman–Crippen MR) is 84.4 cm³/mol. The number of rotatable bonds is 5. The molecule has 1 atom stereocenters. The molecule has 0 aliphatic carbocycles. The van der Waals surface area contributed by atoms with Gasteiger partial charge in [0.05, 0.1) is 0 Å². The third-order valence-corrected chi connectivity index (χ3v) is 4.15. The largest absolute Gasteiger partial charge is 0.338 e. The molecule has 1 N–H and O–H groups in total. The lowest BCUT2D eigenvalue weighted by Gasteiger charge is -2.18. The van der Waals surface area contributed by atoms with Crippen LogP contribution in [-0.4, -0.2) is 40.1 Å². The van der Waals surface area contributed by atoms with E-state index >= 15 is 0 Å². The number of hydrogen-bond acceptors (Lipinski definition) is 2. The lowest BCUT2D eigenvalue weighted by atomic mass is 10.0. The molecule has 21 heavy (non-hydrogen) atoms. The molecular weight excluding hydrogens is 264 g/mol. The van der Waals surface area contributed by atoms with Crippen LogP contribution in [0.4, 0.5) is 4.79 Å². The summed E-state index contributed by atoms with van der Waals surface area (Å²) in [7, 11) is 0. The normalized spacial score (nSPS) is 18.5. The topological polar surface area (TPSA) is 50.2 Å². The average Bonchev–Trinajstić information content (AvgIpc) is 3.03. The standard InChI is InChI=1S/C16H28N4O/c1-5-7-17-16(21)19-8-6-14(11-19)9-15-18-10-13(4)20(15)12(2)3/h10,12,14H,5-9,11H2,1-4H3,(H,17,21). The monoisotopic (exact) mass is 292 g/mol. The fraction of sp³-hybridized carbons (Fsp3) is 0.750. The molecule has 1 aliphatic heterocycles. The van der Waals surface area contributed by atoms with Gasteiger partial charge in [-0.3, -0.25) is 0 Å². The second kappa shape index (κ2) is 6.96. The van der Waals surface area contributed by atoms with Crippen molar-refractivity contribution in [1.29, 1.82) is 0 Å².